The molecule has 1 saturated heterocycles. The molecule has 1 aromatic heterocycles. The molecule has 1 fully saturated rings. The lowest BCUT2D eigenvalue weighted by atomic mass is 9.85. The summed E-state index contributed by atoms with van der Waals surface area (Å²) in [6, 6.07) is 1.52. The Hall–Kier alpha value is -2.31. The number of carboxylic acid groups (broad SMARTS) is 2. The molecule has 2 rings (SSSR count). The van der Waals surface area contributed by atoms with Crippen LogP contribution in [0.1, 0.15) is 22.5 Å². The molecule has 20 heavy (non-hydrogen) atoms. The van der Waals surface area contributed by atoms with Gasteiger partial charge >= 0.3 is 11.9 Å². The van der Waals surface area contributed by atoms with Gasteiger partial charge in [-0.3, -0.25) is 14.4 Å². The summed E-state index contributed by atoms with van der Waals surface area (Å²) < 4.78 is 5.05. The zero-order chi connectivity index (χ0) is 14.9. The fourth-order valence-corrected chi connectivity index (χ4v) is 2.46. The van der Waals surface area contributed by atoms with Crippen LogP contribution in [0.3, 0.4) is 0 Å². The van der Waals surface area contributed by atoms with Gasteiger partial charge in [-0.05, 0) is 19.4 Å². The number of carboxylic acids is 2. The molecule has 2 unspecified atom stereocenters. The van der Waals surface area contributed by atoms with Crippen LogP contribution in [-0.2, 0) is 9.59 Å². The van der Waals surface area contributed by atoms with Crippen LogP contribution in [-0.4, -0.2) is 46.0 Å². The summed E-state index contributed by atoms with van der Waals surface area (Å²) in [5, 5.41) is 18.2. The molecular weight excluding hydrogens is 266 g/mol. The van der Waals surface area contributed by atoms with Gasteiger partial charge in [0.15, 0.2) is 0 Å². The van der Waals surface area contributed by atoms with Crippen molar-refractivity contribution in [3.05, 3.63) is 23.7 Å². The van der Waals surface area contributed by atoms with Crippen molar-refractivity contribution in [2.45, 2.75) is 13.3 Å². The minimum atomic E-state index is -1.20. The van der Waals surface area contributed by atoms with Crippen LogP contribution in [0.15, 0.2) is 16.7 Å². The molecule has 0 radical (unpaired) electrons. The molecule has 2 heterocycles. The van der Waals surface area contributed by atoms with Crippen molar-refractivity contribution in [2.75, 3.05) is 13.1 Å². The summed E-state index contributed by atoms with van der Waals surface area (Å²) in [4.78, 5) is 35.8. The van der Waals surface area contributed by atoms with Gasteiger partial charge in [-0.25, -0.2) is 0 Å². The zero-order valence-corrected chi connectivity index (χ0v) is 10.9. The lowest BCUT2D eigenvalue weighted by molar-refractivity contribution is -0.156. The van der Waals surface area contributed by atoms with E-state index in [1.165, 1.54) is 17.2 Å². The van der Waals surface area contributed by atoms with E-state index in [0.29, 0.717) is 11.3 Å². The highest BCUT2D eigenvalue weighted by molar-refractivity contribution is 5.95. The van der Waals surface area contributed by atoms with Crippen LogP contribution in [0.5, 0.6) is 0 Å². The minimum absolute atomic E-state index is 0.101. The van der Waals surface area contributed by atoms with Crippen molar-refractivity contribution >= 4 is 17.8 Å². The zero-order valence-electron chi connectivity index (χ0n) is 10.9. The number of rotatable bonds is 3. The van der Waals surface area contributed by atoms with Gasteiger partial charge in [0.25, 0.3) is 5.91 Å². The van der Waals surface area contributed by atoms with Crippen molar-refractivity contribution in [1.29, 1.82) is 0 Å². The predicted octanol–water partition coefficient (Wildman–Crippen LogP) is 0.836. The summed E-state index contributed by atoms with van der Waals surface area (Å²) in [5.74, 6) is -4.24. The number of piperidine rings is 1. The van der Waals surface area contributed by atoms with Crippen molar-refractivity contribution in [3.63, 3.8) is 0 Å². The number of hydrogen-bond acceptors (Lipinski definition) is 4. The molecular formula is C13H15NO6. The lowest BCUT2D eigenvalue weighted by Gasteiger charge is -2.34. The van der Waals surface area contributed by atoms with E-state index < -0.39 is 23.8 Å². The summed E-state index contributed by atoms with van der Waals surface area (Å²) in [5.41, 5.74) is 0.378. The maximum absolute atomic E-state index is 12.3. The average molecular weight is 281 g/mol. The molecule has 0 aliphatic carbocycles. The maximum Gasteiger partial charge on any atom is 0.309 e. The highest BCUT2D eigenvalue weighted by Crippen LogP contribution is 2.26. The molecule has 1 aliphatic heterocycles. The molecule has 7 nitrogen and oxygen atoms in total. The van der Waals surface area contributed by atoms with Gasteiger partial charge in [0.05, 0.1) is 23.7 Å². The molecule has 1 amide bonds. The lowest BCUT2D eigenvalue weighted by Crippen LogP contribution is -2.48. The maximum atomic E-state index is 12.3. The first-order chi connectivity index (χ1) is 9.41. The summed E-state index contributed by atoms with van der Waals surface area (Å²) in [7, 11) is 0. The van der Waals surface area contributed by atoms with Crippen LogP contribution in [0.4, 0.5) is 0 Å². The van der Waals surface area contributed by atoms with E-state index >= 15 is 0 Å². The Kier molecular flexibility index (Phi) is 3.78. The molecule has 0 spiro atoms. The molecule has 1 aliphatic rings. The largest absolute Gasteiger partial charge is 0.481 e. The molecule has 108 valence electrons. The van der Waals surface area contributed by atoms with Crippen LogP contribution < -0.4 is 0 Å². The molecule has 0 bridgehead atoms. The number of aliphatic carboxylic acids is 2. The van der Waals surface area contributed by atoms with Gasteiger partial charge in [0.1, 0.15) is 5.76 Å². The highest BCUT2D eigenvalue weighted by atomic mass is 16.4. The van der Waals surface area contributed by atoms with E-state index in [4.69, 9.17) is 14.6 Å². The van der Waals surface area contributed by atoms with Crippen LogP contribution in [0.2, 0.25) is 0 Å². The molecule has 0 saturated carbocycles. The van der Waals surface area contributed by atoms with E-state index in [2.05, 4.69) is 0 Å². The third-order valence-electron chi connectivity index (χ3n) is 3.62. The number of carbonyl (C=O) groups is 3. The number of amides is 1. The van der Waals surface area contributed by atoms with E-state index in [9.17, 15) is 14.4 Å². The third kappa shape index (κ3) is 2.52. The van der Waals surface area contributed by atoms with Gasteiger partial charge in [0.2, 0.25) is 0 Å². The minimum Gasteiger partial charge on any atom is -0.481 e. The Balaban J connectivity index is 2.17. The molecule has 2 atom stereocenters. The summed E-state index contributed by atoms with van der Waals surface area (Å²) >= 11 is 0. The first-order valence-corrected chi connectivity index (χ1v) is 6.20. The van der Waals surface area contributed by atoms with Crippen LogP contribution >= 0.6 is 0 Å². The average Bonchev–Trinajstić information content (AvgIpc) is 2.83. The fourth-order valence-electron chi connectivity index (χ4n) is 2.46. The smallest absolute Gasteiger partial charge is 0.309 e. The van der Waals surface area contributed by atoms with Crippen molar-refractivity contribution in [1.82, 2.24) is 4.90 Å². The number of aryl methyl sites for hydroxylation is 1. The fraction of sp³-hybridized carbons (Fsp3) is 0.462. The Bertz CT molecular complexity index is 549. The second kappa shape index (κ2) is 5.36. The van der Waals surface area contributed by atoms with E-state index in [1.54, 1.807) is 6.92 Å². The highest BCUT2D eigenvalue weighted by Gasteiger charge is 2.40. The van der Waals surface area contributed by atoms with E-state index in [-0.39, 0.29) is 25.4 Å². The van der Waals surface area contributed by atoms with Crippen molar-refractivity contribution < 1.29 is 29.0 Å². The number of likely N-dealkylation sites (tertiary alicyclic amines) is 1. The standard InChI is InChI=1S/C13H15NO6/c1-7-8(3-5-20-7)11(15)14-4-2-9(12(16)17)10(6-14)13(18)19/h3,5,9-10H,2,4,6H2,1H3,(H,16,17)(H,18,19). The molecule has 1 aromatic rings. The predicted molar refractivity (Wildman–Crippen MR) is 66.2 cm³/mol. The van der Waals surface area contributed by atoms with E-state index in [1.807, 2.05) is 0 Å². The Morgan fingerprint density at radius 2 is 1.90 bits per heavy atom. The second-order valence-electron chi connectivity index (χ2n) is 4.82. The van der Waals surface area contributed by atoms with E-state index in [0.717, 1.165) is 0 Å². The Morgan fingerprint density at radius 1 is 1.25 bits per heavy atom. The Labute approximate surface area is 114 Å². The normalized spacial score (nSPS) is 22.6. The van der Waals surface area contributed by atoms with Gasteiger partial charge in [-0.15, -0.1) is 0 Å². The SMILES string of the molecule is Cc1occc1C(=O)N1CCC(C(=O)O)C(C(=O)O)C1. The first kappa shape index (κ1) is 14.1. The number of furan rings is 1. The molecule has 2 N–H and O–H groups in total. The second-order valence-corrected chi connectivity index (χ2v) is 4.82. The quantitative estimate of drug-likeness (QED) is 0.849. The van der Waals surface area contributed by atoms with Crippen LogP contribution in [0, 0.1) is 18.8 Å². The topological polar surface area (TPSA) is 108 Å². The van der Waals surface area contributed by atoms with Crippen molar-refractivity contribution in [3.8, 4) is 0 Å². The summed E-state index contributed by atoms with van der Waals surface area (Å²) in [6.07, 6.45) is 1.52. The van der Waals surface area contributed by atoms with Crippen molar-refractivity contribution in [2.24, 2.45) is 11.8 Å². The van der Waals surface area contributed by atoms with Gasteiger partial charge in [-0.2, -0.15) is 0 Å². The molecule has 7 heteroatoms. The van der Waals surface area contributed by atoms with Gasteiger partial charge in [-0.1, -0.05) is 0 Å². The number of hydrogen-bond donors (Lipinski definition) is 2. The molecule has 0 aromatic carbocycles. The third-order valence-corrected chi connectivity index (χ3v) is 3.62. The first-order valence-electron chi connectivity index (χ1n) is 6.20. The summed E-state index contributed by atoms with van der Waals surface area (Å²) in [6.45, 7) is 1.77. The van der Waals surface area contributed by atoms with Crippen LogP contribution in [0.25, 0.3) is 0 Å². The number of nitrogens with zero attached hydrogens (tertiary/aromatic N) is 1. The van der Waals surface area contributed by atoms with Gasteiger partial charge in [0, 0.05) is 13.1 Å². The number of carbonyl (C=O) groups excluding carboxylic acids is 1. The Morgan fingerprint density at radius 3 is 2.40 bits per heavy atom. The monoisotopic (exact) mass is 281 g/mol. The van der Waals surface area contributed by atoms with Gasteiger partial charge < -0.3 is 19.5 Å².